The normalized spacial score (nSPS) is 25.6. The quantitative estimate of drug-likeness (QED) is 0.494. The van der Waals surface area contributed by atoms with Crippen molar-refractivity contribution < 1.29 is 9.53 Å². The molecule has 0 spiro atoms. The lowest BCUT2D eigenvalue weighted by molar-refractivity contribution is -0.132. The van der Waals surface area contributed by atoms with Crippen LogP contribution in [-0.2, 0) is 9.53 Å². The van der Waals surface area contributed by atoms with Gasteiger partial charge < -0.3 is 4.74 Å². The van der Waals surface area contributed by atoms with E-state index in [1.165, 1.54) is 25.7 Å². The van der Waals surface area contributed by atoms with Gasteiger partial charge in [0.1, 0.15) is 6.10 Å². The Morgan fingerprint density at radius 2 is 2.24 bits per heavy atom. The average Bonchev–Trinajstić information content (AvgIpc) is 2.49. The van der Waals surface area contributed by atoms with E-state index >= 15 is 0 Å². The molecule has 17 heavy (non-hydrogen) atoms. The molecule has 0 saturated carbocycles. The zero-order chi connectivity index (χ0) is 12.5. The second-order valence-electron chi connectivity index (χ2n) is 4.98. The molecular formula is C15H26O2. The number of hydrogen-bond acceptors (Lipinski definition) is 2. The van der Waals surface area contributed by atoms with Gasteiger partial charge in [0.15, 0.2) is 5.78 Å². The summed E-state index contributed by atoms with van der Waals surface area (Å²) in [5, 5.41) is 0. The van der Waals surface area contributed by atoms with E-state index in [-0.39, 0.29) is 11.9 Å². The van der Waals surface area contributed by atoms with E-state index in [2.05, 4.69) is 13.5 Å². The number of carbonyl (C=O) groups is 1. The Kier molecular flexibility index (Phi) is 7.18. The molecule has 2 heteroatoms. The molecule has 1 aliphatic heterocycles. The van der Waals surface area contributed by atoms with Gasteiger partial charge >= 0.3 is 0 Å². The predicted octanol–water partition coefficient (Wildman–Crippen LogP) is 4.04. The van der Waals surface area contributed by atoms with Gasteiger partial charge in [-0.3, -0.25) is 4.79 Å². The second-order valence-corrected chi connectivity index (χ2v) is 4.98. The highest BCUT2D eigenvalue weighted by Crippen LogP contribution is 2.22. The standard InChI is InChI=1S/C15H26O2/c1-3-5-6-7-10-13-11-8-12-14(16)15(17-13)9-4-2/h4,13,15H,2-3,5-12H2,1H3/t13-,15+/m0/s1. The van der Waals surface area contributed by atoms with Gasteiger partial charge in [-0.25, -0.2) is 0 Å². The lowest BCUT2D eigenvalue weighted by Gasteiger charge is -2.19. The Hall–Kier alpha value is -0.630. The molecule has 2 nitrogen and oxygen atoms in total. The number of ether oxygens (including phenoxy) is 1. The third-order valence-electron chi connectivity index (χ3n) is 3.43. The number of rotatable bonds is 7. The maximum atomic E-state index is 11.8. The van der Waals surface area contributed by atoms with E-state index in [1.54, 1.807) is 6.08 Å². The monoisotopic (exact) mass is 238 g/mol. The fourth-order valence-electron chi connectivity index (χ4n) is 2.39. The molecule has 1 saturated heterocycles. The highest BCUT2D eigenvalue weighted by molar-refractivity contribution is 5.83. The first-order valence-electron chi connectivity index (χ1n) is 7.07. The van der Waals surface area contributed by atoms with E-state index in [9.17, 15) is 4.79 Å². The van der Waals surface area contributed by atoms with Crippen molar-refractivity contribution in [2.45, 2.75) is 76.9 Å². The zero-order valence-electron chi connectivity index (χ0n) is 11.1. The van der Waals surface area contributed by atoms with Gasteiger partial charge in [-0.05, 0) is 25.7 Å². The van der Waals surface area contributed by atoms with Gasteiger partial charge in [0.05, 0.1) is 6.10 Å². The number of carbonyl (C=O) groups excluding carboxylic acids is 1. The predicted molar refractivity (Wildman–Crippen MR) is 71.1 cm³/mol. The van der Waals surface area contributed by atoms with Gasteiger partial charge in [0.25, 0.3) is 0 Å². The molecule has 1 fully saturated rings. The molecule has 1 aliphatic rings. The summed E-state index contributed by atoms with van der Waals surface area (Å²) in [7, 11) is 0. The summed E-state index contributed by atoms with van der Waals surface area (Å²) in [4.78, 5) is 11.8. The van der Waals surface area contributed by atoms with E-state index in [4.69, 9.17) is 4.74 Å². The molecule has 0 amide bonds. The van der Waals surface area contributed by atoms with Crippen LogP contribution in [0.4, 0.5) is 0 Å². The molecule has 0 aromatic heterocycles. The van der Waals surface area contributed by atoms with Crippen LogP contribution in [0.5, 0.6) is 0 Å². The second kappa shape index (κ2) is 8.46. The van der Waals surface area contributed by atoms with E-state index in [0.717, 1.165) is 19.3 Å². The first kappa shape index (κ1) is 14.4. The summed E-state index contributed by atoms with van der Waals surface area (Å²) in [6.45, 7) is 5.92. The van der Waals surface area contributed by atoms with Crippen LogP contribution in [-0.4, -0.2) is 18.0 Å². The van der Waals surface area contributed by atoms with Crippen LogP contribution in [0.2, 0.25) is 0 Å². The lowest BCUT2D eigenvalue weighted by Crippen LogP contribution is -2.26. The summed E-state index contributed by atoms with van der Waals surface area (Å²) in [6, 6.07) is 0. The topological polar surface area (TPSA) is 26.3 Å². The van der Waals surface area contributed by atoms with Crippen molar-refractivity contribution in [1.82, 2.24) is 0 Å². The molecule has 0 radical (unpaired) electrons. The molecule has 0 unspecified atom stereocenters. The highest BCUT2D eigenvalue weighted by atomic mass is 16.5. The Labute approximate surface area is 105 Å². The van der Waals surface area contributed by atoms with Crippen molar-refractivity contribution in [2.75, 3.05) is 0 Å². The number of hydrogen-bond donors (Lipinski definition) is 0. The molecule has 1 heterocycles. The van der Waals surface area contributed by atoms with Gasteiger partial charge in [-0.2, -0.15) is 0 Å². The Bertz CT molecular complexity index is 235. The van der Waals surface area contributed by atoms with Crippen molar-refractivity contribution in [3.8, 4) is 0 Å². The van der Waals surface area contributed by atoms with Crippen LogP contribution in [0.15, 0.2) is 12.7 Å². The smallest absolute Gasteiger partial charge is 0.161 e. The highest BCUT2D eigenvalue weighted by Gasteiger charge is 2.25. The number of unbranched alkanes of at least 4 members (excludes halogenated alkanes) is 3. The van der Waals surface area contributed by atoms with Crippen LogP contribution in [0, 0.1) is 0 Å². The lowest BCUT2D eigenvalue weighted by atomic mass is 10.0. The Morgan fingerprint density at radius 3 is 2.94 bits per heavy atom. The zero-order valence-corrected chi connectivity index (χ0v) is 11.1. The minimum absolute atomic E-state index is 0.217. The maximum absolute atomic E-state index is 11.8. The fourth-order valence-corrected chi connectivity index (χ4v) is 2.39. The Balaban J connectivity index is 2.33. The van der Waals surface area contributed by atoms with Crippen LogP contribution >= 0.6 is 0 Å². The third-order valence-corrected chi connectivity index (χ3v) is 3.43. The summed E-state index contributed by atoms with van der Waals surface area (Å²) < 4.78 is 5.92. The van der Waals surface area contributed by atoms with E-state index < -0.39 is 0 Å². The number of ketones is 1. The summed E-state index contributed by atoms with van der Waals surface area (Å²) in [5.41, 5.74) is 0. The molecular weight excluding hydrogens is 212 g/mol. The Morgan fingerprint density at radius 1 is 1.41 bits per heavy atom. The molecule has 0 aromatic rings. The molecule has 0 aliphatic carbocycles. The van der Waals surface area contributed by atoms with Crippen LogP contribution in [0.3, 0.4) is 0 Å². The third kappa shape index (κ3) is 5.49. The van der Waals surface area contributed by atoms with Crippen molar-refractivity contribution >= 4 is 5.78 Å². The molecule has 0 aromatic carbocycles. The van der Waals surface area contributed by atoms with Crippen LogP contribution in [0.1, 0.15) is 64.7 Å². The van der Waals surface area contributed by atoms with E-state index in [0.29, 0.717) is 18.9 Å². The molecule has 2 atom stereocenters. The molecule has 98 valence electrons. The first-order chi connectivity index (χ1) is 8.27. The summed E-state index contributed by atoms with van der Waals surface area (Å²) >= 11 is 0. The van der Waals surface area contributed by atoms with Crippen molar-refractivity contribution in [2.24, 2.45) is 0 Å². The molecule has 0 bridgehead atoms. The maximum Gasteiger partial charge on any atom is 0.161 e. The van der Waals surface area contributed by atoms with Crippen molar-refractivity contribution in [3.05, 3.63) is 12.7 Å². The molecule has 0 N–H and O–H groups in total. The van der Waals surface area contributed by atoms with E-state index in [1.807, 2.05) is 0 Å². The van der Waals surface area contributed by atoms with Crippen LogP contribution < -0.4 is 0 Å². The van der Waals surface area contributed by atoms with Crippen molar-refractivity contribution in [1.29, 1.82) is 0 Å². The van der Waals surface area contributed by atoms with Gasteiger partial charge in [0, 0.05) is 6.42 Å². The van der Waals surface area contributed by atoms with Gasteiger partial charge in [-0.15, -0.1) is 6.58 Å². The number of Topliss-reactive ketones (excluding diaryl/α,β-unsaturated/α-hetero) is 1. The summed E-state index contributed by atoms with van der Waals surface area (Å²) in [6.07, 6.45) is 11.5. The average molecular weight is 238 g/mol. The minimum Gasteiger partial charge on any atom is -0.367 e. The van der Waals surface area contributed by atoms with Gasteiger partial charge in [0.2, 0.25) is 0 Å². The van der Waals surface area contributed by atoms with Crippen LogP contribution in [0.25, 0.3) is 0 Å². The van der Waals surface area contributed by atoms with Gasteiger partial charge in [-0.1, -0.05) is 38.7 Å². The fraction of sp³-hybridized carbons (Fsp3) is 0.800. The SMILES string of the molecule is C=CC[C@H]1O[C@@H](CCCCCC)CCCC1=O. The first-order valence-corrected chi connectivity index (χ1v) is 7.07. The minimum atomic E-state index is -0.217. The summed E-state index contributed by atoms with van der Waals surface area (Å²) in [5.74, 6) is 0.265. The van der Waals surface area contributed by atoms with Crippen molar-refractivity contribution in [3.63, 3.8) is 0 Å². The largest absolute Gasteiger partial charge is 0.367 e. The molecule has 1 rings (SSSR count).